The van der Waals surface area contributed by atoms with Gasteiger partial charge in [0.15, 0.2) is 0 Å². The van der Waals surface area contributed by atoms with Gasteiger partial charge in [0.25, 0.3) is 0 Å². The van der Waals surface area contributed by atoms with Crippen molar-refractivity contribution in [1.29, 1.82) is 0 Å². The predicted molar refractivity (Wildman–Crippen MR) is 73.8 cm³/mol. The van der Waals surface area contributed by atoms with Crippen molar-refractivity contribution in [2.45, 2.75) is 52.1 Å². The van der Waals surface area contributed by atoms with Crippen molar-refractivity contribution < 1.29 is 4.39 Å². The molecule has 1 saturated carbocycles. The van der Waals surface area contributed by atoms with Gasteiger partial charge in [0.05, 0.1) is 0 Å². The van der Waals surface area contributed by atoms with E-state index in [1.165, 1.54) is 43.4 Å². The smallest absolute Gasteiger partial charge is 0.123 e. The average Bonchev–Trinajstić information content (AvgIpc) is 2.38. The fraction of sp³-hybridized carbons (Fsp3) is 0.625. The standard InChI is InChI=1S/C16H24FN/c1-12(2)15-5-3-4-6-16(15)18-11-13-7-9-14(17)10-8-13/h7-10,12,15-16,18H,3-6,11H2,1-2H3. The number of nitrogens with one attached hydrogen (secondary N) is 1. The molecule has 2 rings (SSSR count). The molecule has 2 heteroatoms. The Morgan fingerprint density at radius 1 is 1.17 bits per heavy atom. The van der Waals surface area contributed by atoms with Gasteiger partial charge in [-0.2, -0.15) is 0 Å². The van der Waals surface area contributed by atoms with Gasteiger partial charge in [0.2, 0.25) is 0 Å². The third-order valence-electron chi connectivity index (χ3n) is 4.16. The number of halogens is 1. The molecule has 18 heavy (non-hydrogen) atoms. The Kier molecular flexibility index (Phi) is 4.76. The number of hydrogen-bond acceptors (Lipinski definition) is 1. The monoisotopic (exact) mass is 249 g/mol. The predicted octanol–water partition coefficient (Wildman–Crippen LogP) is 4.13. The summed E-state index contributed by atoms with van der Waals surface area (Å²) in [5.74, 6) is 1.38. The average molecular weight is 249 g/mol. The van der Waals surface area contributed by atoms with E-state index >= 15 is 0 Å². The van der Waals surface area contributed by atoms with Crippen molar-refractivity contribution in [2.24, 2.45) is 11.8 Å². The van der Waals surface area contributed by atoms with Crippen LogP contribution in [0.15, 0.2) is 24.3 Å². The second kappa shape index (κ2) is 6.33. The van der Waals surface area contributed by atoms with Crippen LogP contribution in [0.25, 0.3) is 0 Å². The molecule has 1 aromatic carbocycles. The van der Waals surface area contributed by atoms with Crippen LogP contribution in [0.5, 0.6) is 0 Å². The van der Waals surface area contributed by atoms with Crippen molar-refractivity contribution in [2.75, 3.05) is 0 Å². The van der Waals surface area contributed by atoms with Gasteiger partial charge in [0.1, 0.15) is 5.82 Å². The Bertz CT molecular complexity index is 358. The molecule has 0 aliphatic heterocycles. The first-order valence-corrected chi connectivity index (χ1v) is 7.14. The van der Waals surface area contributed by atoms with Crippen LogP contribution in [-0.2, 0) is 6.54 Å². The fourth-order valence-corrected chi connectivity index (χ4v) is 3.06. The third-order valence-corrected chi connectivity index (χ3v) is 4.16. The van der Waals surface area contributed by atoms with E-state index < -0.39 is 0 Å². The number of hydrogen-bond donors (Lipinski definition) is 1. The molecule has 0 radical (unpaired) electrons. The van der Waals surface area contributed by atoms with Gasteiger partial charge in [-0.25, -0.2) is 4.39 Å². The van der Waals surface area contributed by atoms with Crippen molar-refractivity contribution in [3.63, 3.8) is 0 Å². The molecule has 1 aromatic rings. The molecule has 2 atom stereocenters. The van der Waals surface area contributed by atoms with Crippen LogP contribution >= 0.6 is 0 Å². The van der Waals surface area contributed by atoms with Crippen molar-refractivity contribution >= 4 is 0 Å². The van der Waals surface area contributed by atoms with E-state index in [2.05, 4.69) is 19.2 Å². The van der Waals surface area contributed by atoms with E-state index in [-0.39, 0.29) is 5.82 Å². The highest BCUT2D eigenvalue weighted by atomic mass is 19.1. The molecule has 0 heterocycles. The highest BCUT2D eigenvalue weighted by Gasteiger charge is 2.26. The summed E-state index contributed by atoms with van der Waals surface area (Å²) in [5.41, 5.74) is 1.17. The summed E-state index contributed by atoms with van der Waals surface area (Å²) in [6.45, 7) is 5.50. The number of benzene rings is 1. The van der Waals surface area contributed by atoms with E-state index in [4.69, 9.17) is 0 Å². The molecule has 0 aromatic heterocycles. The van der Waals surface area contributed by atoms with Gasteiger partial charge >= 0.3 is 0 Å². The van der Waals surface area contributed by atoms with E-state index in [0.29, 0.717) is 6.04 Å². The first-order chi connectivity index (χ1) is 8.66. The molecule has 0 saturated heterocycles. The summed E-state index contributed by atoms with van der Waals surface area (Å²) in [5, 5.41) is 3.67. The minimum Gasteiger partial charge on any atom is -0.310 e. The summed E-state index contributed by atoms with van der Waals surface area (Å²) in [7, 11) is 0. The molecule has 0 spiro atoms. The molecular formula is C16H24FN. The summed E-state index contributed by atoms with van der Waals surface area (Å²) in [6.07, 6.45) is 5.34. The van der Waals surface area contributed by atoms with Crippen LogP contribution in [-0.4, -0.2) is 6.04 Å². The largest absolute Gasteiger partial charge is 0.310 e. The molecule has 1 nitrogen and oxygen atoms in total. The molecule has 1 fully saturated rings. The Labute approximate surface area is 110 Å². The third kappa shape index (κ3) is 3.55. The first-order valence-electron chi connectivity index (χ1n) is 7.14. The van der Waals surface area contributed by atoms with Crippen molar-refractivity contribution in [3.8, 4) is 0 Å². The normalized spacial score (nSPS) is 24.4. The van der Waals surface area contributed by atoms with Crippen molar-refractivity contribution in [3.05, 3.63) is 35.6 Å². The Balaban J connectivity index is 1.89. The van der Waals surface area contributed by atoms with Gasteiger partial charge in [0, 0.05) is 12.6 Å². The van der Waals surface area contributed by atoms with Crippen LogP contribution in [0.4, 0.5) is 4.39 Å². The molecule has 1 aliphatic rings. The quantitative estimate of drug-likeness (QED) is 0.846. The van der Waals surface area contributed by atoms with Crippen LogP contribution in [0.2, 0.25) is 0 Å². The zero-order valence-corrected chi connectivity index (χ0v) is 11.5. The maximum atomic E-state index is 12.8. The summed E-state index contributed by atoms with van der Waals surface area (Å²) < 4.78 is 12.8. The fourth-order valence-electron chi connectivity index (χ4n) is 3.06. The zero-order chi connectivity index (χ0) is 13.0. The molecule has 1 aliphatic carbocycles. The molecule has 0 bridgehead atoms. The summed E-state index contributed by atoms with van der Waals surface area (Å²) in [4.78, 5) is 0. The lowest BCUT2D eigenvalue weighted by atomic mass is 9.78. The van der Waals surface area contributed by atoms with Gasteiger partial charge < -0.3 is 5.32 Å². The van der Waals surface area contributed by atoms with Crippen LogP contribution in [0.1, 0.15) is 45.1 Å². The van der Waals surface area contributed by atoms with Gasteiger partial charge in [-0.05, 0) is 42.4 Å². The lowest BCUT2D eigenvalue weighted by Crippen LogP contribution is -2.40. The first kappa shape index (κ1) is 13.5. The minimum absolute atomic E-state index is 0.156. The SMILES string of the molecule is CC(C)C1CCCCC1NCc1ccc(F)cc1. The Morgan fingerprint density at radius 3 is 2.50 bits per heavy atom. The van der Waals surface area contributed by atoms with Crippen LogP contribution < -0.4 is 5.32 Å². The second-order valence-corrected chi connectivity index (χ2v) is 5.81. The highest BCUT2D eigenvalue weighted by molar-refractivity contribution is 5.15. The maximum absolute atomic E-state index is 12.8. The van der Waals surface area contributed by atoms with Crippen LogP contribution in [0, 0.1) is 17.7 Å². The summed E-state index contributed by atoms with van der Waals surface area (Å²) >= 11 is 0. The zero-order valence-electron chi connectivity index (χ0n) is 11.5. The highest BCUT2D eigenvalue weighted by Crippen LogP contribution is 2.30. The lowest BCUT2D eigenvalue weighted by Gasteiger charge is -2.35. The van der Waals surface area contributed by atoms with Gasteiger partial charge in [-0.3, -0.25) is 0 Å². The molecular weight excluding hydrogens is 225 g/mol. The Hall–Kier alpha value is -0.890. The Morgan fingerprint density at radius 2 is 1.83 bits per heavy atom. The molecule has 0 amide bonds. The van der Waals surface area contributed by atoms with E-state index in [1.54, 1.807) is 0 Å². The molecule has 1 N–H and O–H groups in total. The van der Waals surface area contributed by atoms with E-state index in [1.807, 2.05) is 12.1 Å². The van der Waals surface area contributed by atoms with Gasteiger partial charge in [-0.1, -0.05) is 38.8 Å². The lowest BCUT2D eigenvalue weighted by molar-refractivity contribution is 0.204. The maximum Gasteiger partial charge on any atom is 0.123 e. The second-order valence-electron chi connectivity index (χ2n) is 5.81. The van der Waals surface area contributed by atoms with Gasteiger partial charge in [-0.15, -0.1) is 0 Å². The molecule has 100 valence electrons. The van der Waals surface area contributed by atoms with E-state index in [9.17, 15) is 4.39 Å². The molecule has 2 unspecified atom stereocenters. The van der Waals surface area contributed by atoms with E-state index in [0.717, 1.165) is 18.4 Å². The van der Waals surface area contributed by atoms with Crippen LogP contribution in [0.3, 0.4) is 0 Å². The summed E-state index contributed by atoms with van der Waals surface area (Å²) in [6, 6.07) is 7.45. The topological polar surface area (TPSA) is 12.0 Å². The van der Waals surface area contributed by atoms with Crippen molar-refractivity contribution in [1.82, 2.24) is 5.32 Å². The number of rotatable bonds is 4. The minimum atomic E-state index is -0.156.